The summed E-state index contributed by atoms with van der Waals surface area (Å²) in [6, 6.07) is 7.36. The van der Waals surface area contributed by atoms with Gasteiger partial charge in [-0.3, -0.25) is 9.59 Å². The van der Waals surface area contributed by atoms with Crippen LogP contribution in [0.1, 0.15) is 40.2 Å². The second-order valence-electron chi connectivity index (χ2n) is 6.91. The first kappa shape index (κ1) is 19.7. The van der Waals surface area contributed by atoms with Crippen molar-refractivity contribution < 1.29 is 19.5 Å². The van der Waals surface area contributed by atoms with Crippen LogP contribution in [0.4, 0.5) is 0 Å². The minimum atomic E-state index is -1.09. The largest absolute Gasteiger partial charge is 0.480 e. The van der Waals surface area contributed by atoms with E-state index in [9.17, 15) is 19.5 Å². The third-order valence-electron chi connectivity index (χ3n) is 3.70. The number of aliphatic carboxylic acids is 1. The van der Waals surface area contributed by atoms with E-state index in [0.717, 1.165) is 5.56 Å². The number of carboxylic acid groups (broad SMARTS) is 1. The molecule has 0 heterocycles. The highest BCUT2D eigenvalue weighted by Crippen LogP contribution is 2.15. The van der Waals surface area contributed by atoms with Crippen molar-refractivity contribution >= 4 is 17.8 Å². The highest BCUT2D eigenvalue weighted by molar-refractivity contribution is 5.91. The number of carbonyl (C=O) groups is 3. The van der Waals surface area contributed by atoms with E-state index in [2.05, 4.69) is 5.32 Å². The molecule has 0 saturated heterocycles. The smallest absolute Gasteiger partial charge is 0.326 e. The van der Waals surface area contributed by atoms with Gasteiger partial charge in [-0.1, -0.05) is 51.1 Å². The Labute approximate surface area is 142 Å². The Balaban J connectivity index is 2.95. The summed E-state index contributed by atoms with van der Waals surface area (Å²) < 4.78 is 0. The van der Waals surface area contributed by atoms with E-state index in [1.54, 1.807) is 27.7 Å². The van der Waals surface area contributed by atoms with Gasteiger partial charge in [-0.05, 0) is 19.4 Å². The van der Waals surface area contributed by atoms with Crippen molar-refractivity contribution in [1.82, 2.24) is 10.2 Å². The van der Waals surface area contributed by atoms with Gasteiger partial charge in [0.2, 0.25) is 11.8 Å². The van der Waals surface area contributed by atoms with Crippen molar-refractivity contribution in [2.75, 3.05) is 0 Å². The Hall–Kier alpha value is -2.37. The lowest BCUT2D eigenvalue weighted by Gasteiger charge is -2.30. The number of hydrogen-bond acceptors (Lipinski definition) is 3. The van der Waals surface area contributed by atoms with Crippen LogP contribution in [0, 0.1) is 5.41 Å². The molecular formula is C18H26N2O4. The maximum Gasteiger partial charge on any atom is 0.326 e. The summed E-state index contributed by atoms with van der Waals surface area (Å²) >= 11 is 0. The number of rotatable bonds is 6. The van der Waals surface area contributed by atoms with E-state index in [1.807, 2.05) is 30.3 Å². The van der Waals surface area contributed by atoms with Gasteiger partial charge in [0.1, 0.15) is 12.1 Å². The molecule has 6 nitrogen and oxygen atoms in total. The number of nitrogens with one attached hydrogen (secondary N) is 1. The lowest BCUT2D eigenvalue weighted by molar-refractivity contribution is -0.151. The maximum atomic E-state index is 12.7. The van der Waals surface area contributed by atoms with Crippen LogP contribution in [-0.2, 0) is 20.9 Å². The highest BCUT2D eigenvalue weighted by atomic mass is 16.4. The van der Waals surface area contributed by atoms with Gasteiger partial charge in [-0.25, -0.2) is 4.79 Å². The number of nitrogens with zero attached hydrogens (tertiary/aromatic N) is 1. The Morgan fingerprint density at radius 3 is 2.12 bits per heavy atom. The van der Waals surface area contributed by atoms with Gasteiger partial charge in [-0.15, -0.1) is 0 Å². The van der Waals surface area contributed by atoms with Crippen molar-refractivity contribution in [3.63, 3.8) is 0 Å². The van der Waals surface area contributed by atoms with Crippen molar-refractivity contribution in [3.05, 3.63) is 35.9 Å². The summed E-state index contributed by atoms with van der Waals surface area (Å²) in [7, 11) is 0. The molecule has 2 amide bonds. The summed E-state index contributed by atoms with van der Waals surface area (Å²) in [5.41, 5.74) is 0.199. The molecule has 0 aliphatic heterocycles. The van der Waals surface area contributed by atoms with E-state index in [-0.39, 0.29) is 12.5 Å². The summed E-state index contributed by atoms with van der Waals surface area (Å²) in [5, 5.41) is 11.9. The lowest BCUT2D eigenvalue weighted by atomic mass is 9.95. The van der Waals surface area contributed by atoms with E-state index >= 15 is 0 Å². The molecule has 1 aromatic carbocycles. The Kier molecular flexibility index (Phi) is 6.51. The number of hydrogen-bond donors (Lipinski definition) is 2. The molecule has 0 spiro atoms. The fraction of sp³-hybridized carbons (Fsp3) is 0.500. The van der Waals surface area contributed by atoms with E-state index < -0.39 is 29.4 Å². The Morgan fingerprint density at radius 1 is 1.12 bits per heavy atom. The summed E-state index contributed by atoms with van der Waals surface area (Å²) in [4.78, 5) is 37.4. The zero-order valence-corrected chi connectivity index (χ0v) is 14.9. The molecule has 6 heteroatoms. The van der Waals surface area contributed by atoms with Crippen LogP contribution >= 0.6 is 0 Å². The molecule has 2 N–H and O–H groups in total. The van der Waals surface area contributed by atoms with Crippen LogP contribution in [0.3, 0.4) is 0 Å². The van der Waals surface area contributed by atoms with Crippen molar-refractivity contribution in [2.24, 2.45) is 5.41 Å². The van der Waals surface area contributed by atoms with Crippen molar-refractivity contribution in [2.45, 2.75) is 53.2 Å². The zero-order chi connectivity index (χ0) is 18.5. The third-order valence-corrected chi connectivity index (χ3v) is 3.70. The first-order valence-electron chi connectivity index (χ1n) is 7.92. The minimum Gasteiger partial charge on any atom is -0.480 e. The molecule has 2 atom stereocenters. The van der Waals surface area contributed by atoms with Crippen molar-refractivity contribution in [3.8, 4) is 0 Å². The Bertz CT molecular complexity index is 593. The second-order valence-corrected chi connectivity index (χ2v) is 6.91. The predicted molar refractivity (Wildman–Crippen MR) is 91.1 cm³/mol. The van der Waals surface area contributed by atoms with Crippen molar-refractivity contribution in [1.29, 1.82) is 0 Å². The molecule has 0 aromatic heterocycles. The van der Waals surface area contributed by atoms with Gasteiger partial charge in [0.15, 0.2) is 0 Å². The van der Waals surface area contributed by atoms with E-state index in [0.29, 0.717) is 0 Å². The number of carboxylic acids is 1. The van der Waals surface area contributed by atoms with Gasteiger partial charge in [0, 0.05) is 12.0 Å². The molecule has 0 bridgehead atoms. The molecule has 1 rings (SSSR count). The number of benzene rings is 1. The van der Waals surface area contributed by atoms with Crippen LogP contribution in [0.15, 0.2) is 30.3 Å². The minimum absolute atomic E-state index is 0.170. The average molecular weight is 334 g/mol. The molecule has 24 heavy (non-hydrogen) atoms. The van der Waals surface area contributed by atoms with Crippen LogP contribution in [0.2, 0.25) is 0 Å². The number of amides is 2. The third kappa shape index (κ3) is 5.37. The highest BCUT2D eigenvalue weighted by Gasteiger charge is 2.31. The normalized spacial score (nSPS) is 13.7. The molecule has 0 aliphatic carbocycles. The molecule has 0 saturated carbocycles. The quantitative estimate of drug-likeness (QED) is 0.833. The molecule has 0 fully saturated rings. The standard InChI is InChI=1S/C18H26N2O4/c1-12(19-17(24)18(3,4)5)15(21)20(13(2)16(22)23)11-14-9-7-6-8-10-14/h6-10,12-13H,11H2,1-5H3,(H,19,24)(H,22,23). The average Bonchev–Trinajstić information content (AvgIpc) is 2.51. The van der Waals surface area contributed by atoms with Gasteiger partial charge < -0.3 is 15.3 Å². The molecule has 2 unspecified atom stereocenters. The molecular weight excluding hydrogens is 308 g/mol. The predicted octanol–water partition coefficient (Wildman–Crippen LogP) is 2.04. The van der Waals surface area contributed by atoms with E-state index in [1.165, 1.54) is 11.8 Å². The van der Waals surface area contributed by atoms with Gasteiger partial charge in [0.25, 0.3) is 0 Å². The summed E-state index contributed by atoms with van der Waals surface area (Å²) in [5.74, 6) is -1.77. The molecule has 1 aromatic rings. The second kappa shape index (κ2) is 7.95. The summed E-state index contributed by atoms with van der Waals surface area (Å²) in [6.07, 6.45) is 0. The summed E-state index contributed by atoms with van der Waals surface area (Å²) in [6.45, 7) is 8.45. The van der Waals surface area contributed by atoms with Gasteiger partial charge >= 0.3 is 5.97 Å². The molecule has 132 valence electrons. The SMILES string of the molecule is CC(NC(=O)C(C)(C)C)C(=O)N(Cc1ccccc1)C(C)C(=O)O. The molecule has 0 radical (unpaired) electrons. The first-order chi connectivity index (χ1) is 11.0. The van der Waals surface area contributed by atoms with Crippen LogP contribution in [0.25, 0.3) is 0 Å². The van der Waals surface area contributed by atoms with Gasteiger partial charge in [0.05, 0.1) is 0 Å². The monoisotopic (exact) mass is 334 g/mol. The topological polar surface area (TPSA) is 86.7 Å². The van der Waals surface area contributed by atoms with E-state index in [4.69, 9.17) is 0 Å². The lowest BCUT2D eigenvalue weighted by Crippen LogP contribution is -2.53. The molecule has 0 aliphatic rings. The maximum absolute atomic E-state index is 12.7. The van der Waals surface area contributed by atoms with Crippen LogP contribution in [-0.4, -0.2) is 39.9 Å². The van der Waals surface area contributed by atoms with Crippen LogP contribution < -0.4 is 5.32 Å². The fourth-order valence-electron chi connectivity index (χ4n) is 2.04. The zero-order valence-electron chi connectivity index (χ0n) is 14.9. The van der Waals surface area contributed by atoms with Gasteiger partial charge in [-0.2, -0.15) is 0 Å². The Morgan fingerprint density at radius 2 is 1.67 bits per heavy atom. The van der Waals surface area contributed by atoms with Crippen LogP contribution in [0.5, 0.6) is 0 Å². The number of carbonyl (C=O) groups excluding carboxylic acids is 2. The first-order valence-corrected chi connectivity index (χ1v) is 7.92. The fourth-order valence-corrected chi connectivity index (χ4v) is 2.04.